The first-order valence-electron chi connectivity index (χ1n) is 6.14. The molecule has 13 heavy (non-hydrogen) atoms. The quantitative estimate of drug-likeness (QED) is 0.615. The molecule has 3 heteroatoms. The lowest BCUT2D eigenvalue weighted by molar-refractivity contribution is -0.00000375. The van der Waals surface area contributed by atoms with Crippen LogP contribution in [0.15, 0.2) is 24.3 Å². The highest BCUT2D eigenvalue weighted by atomic mass is 35.5. The summed E-state index contributed by atoms with van der Waals surface area (Å²) in [7, 11) is 2.92. The average molecular weight is 207 g/mol. The summed E-state index contributed by atoms with van der Waals surface area (Å²) in [6, 6.07) is 5.96. The van der Waals surface area contributed by atoms with E-state index in [9.17, 15) is 5.11 Å². The van der Waals surface area contributed by atoms with Crippen molar-refractivity contribution in [3.63, 3.8) is 0 Å². The molecule has 74 valence electrons. The molecule has 0 aliphatic heterocycles. The van der Waals surface area contributed by atoms with Crippen LogP contribution in [0, 0.1) is 0 Å². The zero-order chi connectivity index (χ0) is 13.5. The Hall–Kier alpha value is -0.730. The van der Waals surface area contributed by atoms with Gasteiger partial charge in [-0.25, -0.2) is 0 Å². The molecular weight excluding hydrogens is 186 g/mol. The first-order chi connectivity index (χ1) is 7.50. The van der Waals surface area contributed by atoms with E-state index >= 15 is 0 Å². The number of halogens is 1. The highest BCUT2D eigenvalue weighted by molar-refractivity contribution is 5.46. The molecule has 1 aromatic carbocycles. The van der Waals surface area contributed by atoms with Crippen LogP contribution in [0.2, 0.25) is 0 Å². The molecule has 0 spiro atoms. The van der Waals surface area contributed by atoms with Crippen molar-refractivity contribution in [2.75, 3.05) is 20.6 Å². The van der Waals surface area contributed by atoms with Crippen molar-refractivity contribution in [3.05, 3.63) is 24.3 Å². The second-order valence-electron chi connectivity index (χ2n) is 3.09. The summed E-state index contributed by atoms with van der Waals surface area (Å²) in [5.41, 5.74) is 0.395. The summed E-state index contributed by atoms with van der Waals surface area (Å²) in [6.07, 6.45) is 0. The molecule has 0 fully saturated rings. The van der Waals surface area contributed by atoms with Gasteiger partial charge in [-0.3, -0.25) is 4.48 Å². The molecule has 0 saturated heterocycles. The lowest BCUT2D eigenvalue weighted by Crippen LogP contribution is -3.00. The van der Waals surface area contributed by atoms with Crippen LogP contribution in [0.25, 0.3) is 0 Å². The molecule has 1 aromatic rings. The molecule has 0 atom stereocenters. The fourth-order valence-electron chi connectivity index (χ4n) is 0.905. The molecule has 1 rings (SSSR count). The molecule has 0 amide bonds. The summed E-state index contributed by atoms with van der Waals surface area (Å²) in [5, 5.41) is 9.37. The smallest absolute Gasteiger partial charge is 0.136 e. The van der Waals surface area contributed by atoms with Crippen LogP contribution in [0.1, 0.15) is 13.7 Å². The molecule has 0 aromatic heterocycles. The van der Waals surface area contributed by atoms with Gasteiger partial charge in [-0.2, -0.15) is 0 Å². The summed E-state index contributed by atoms with van der Waals surface area (Å²) in [6.45, 7) is -5.19. The number of quaternary nitrogens is 1. The zero-order valence-electron chi connectivity index (χ0n) is 12.6. The number of rotatable bonds is 2. The molecule has 0 aliphatic rings. The van der Waals surface area contributed by atoms with Crippen LogP contribution in [0.4, 0.5) is 5.69 Å². The van der Waals surface area contributed by atoms with Crippen molar-refractivity contribution in [2.24, 2.45) is 0 Å². The monoisotopic (exact) mass is 206 g/mol. The van der Waals surface area contributed by atoms with Gasteiger partial charge in [0.2, 0.25) is 0 Å². The van der Waals surface area contributed by atoms with Crippen LogP contribution in [0.3, 0.4) is 0 Å². The number of benzene rings is 1. The molecule has 0 heterocycles. The van der Waals surface area contributed by atoms with E-state index in [0.717, 1.165) is 0 Å². The van der Waals surface area contributed by atoms with E-state index in [1.165, 1.54) is 26.2 Å². The van der Waals surface area contributed by atoms with E-state index < -0.39 is 17.8 Å². The van der Waals surface area contributed by atoms with E-state index in [2.05, 4.69) is 0 Å². The average Bonchev–Trinajstić information content (AvgIpc) is 2.15. The normalized spacial score (nSPS) is 18.5. The summed E-state index contributed by atoms with van der Waals surface area (Å²) >= 11 is 0. The topological polar surface area (TPSA) is 20.2 Å². The number of hydrogen-bond acceptors (Lipinski definition) is 1. The number of hydrogen-bond donors (Lipinski definition) is 1. The van der Waals surface area contributed by atoms with Crippen molar-refractivity contribution in [1.29, 1.82) is 0 Å². The van der Waals surface area contributed by atoms with Crippen LogP contribution < -0.4 is 16.9 Å². The number of phenols is 1. The lowest BCUT2D eigenvalue weighted by atomic mass is 10.2. The fourth-order valence-corrected chi connectivity index (χ4v) is 0.905. The second kappa shape index (κ2) is 4.49. The van der Waals surface area contributed by atoms with Crippen molar-refractivity contribution in [1.82, 2.24) is 4.48 Å². The lowest BCUT2D eigenvalue weighted by Gasteiger charge is -2.27. The Kier molecular flexibility index (Phi) is 2.03. The maximum atomic E-state index is 9.37. The molecule has 1 N–H and O–H groups in total. The second-order valence-corrected chi connectivity index (χ2v) is 3.09. The predicted molar refractivity (Wildman–Crippen MR) is 52.3 cm³/mol. The molecule has 0 saturated carbocycles. The van der Waals surface area contributed by atoms with Gasteiger partial charge in [0.15, 0.2) is 0 Å². The molecule has 0 bridgehead atoms. The third-order valence-corrected chi connectivity index (χ3v) is 1.75. The largest absolute Gasteiger partial charge is 1.00 e. The minimum atomic E-state index is -2.75. The molecule has 0 unspecified atom stereocenters. The Morgan fingerprint density at radius 3 is 2.77 bits per heavy atom. The summed E-state index contributed by atoms with van der Waals surface area (Å²) in [4.78, 5) is 0. The van der Waals surface area contributed by atoms with E-state index in [1.807, 2.05) is 0 Å². The van der Waals surface area contributed by atoms with E-state index in [1.54, 1.807) is 12.1 Å². The minimum Gasteiger partial charge on any atom is -1.00 e. The van der Waals surface area contributed by atoms with Gasteiger partial charge >= 0.3 is 0 Å². The van der Waals surface area contributed by atoms with E-state index in [4.69, 9.17) is 6.85 Å². The number of phenolic OH excluding ortho intramolecular Hbond substituents is 1. The molecular formula is C10H16ClNO. The standard InChI is InChI=1S/C10H15NO.ClH/c1-4-11(2,3)9-6-5-7-10(12)8-9;/h5-8H,4H2,1-3H3;1H/i1D3,4D2;. The maximum absolute atomic E-state index is 9.37. The van der Waals surface area contributed by atoms with Crippen LogP contribution in [-0.4, -0.2) is 25.7 Å². The van der Waals surface area contributed by atoms with Gasteiger partial charge in [0, 0.05) is 10.2 Å². The van der Waals surface area contributed by atoms with Gasteiger partial charge in [0.25, 0.3) is 0 Å². The Balaban J connectivity index is 0.00000289. The zero-order valence-corrected chi connectivity index (χ0v) is 8.34. The first kappa shape index (κ1) is 5.89. The molecule has 0 aliphatic carbocycles. The third-order valence-electron chi connectivity index (χ3n) is 1.75. The third kappa shape index (κ3) is 2.90. The van der Waals surface area contributed by atoms with Crippen molar-refractivity contribution >= 4 is 5.69 Å². The summed E-state index contributed by atoms with van der Waals surface area (Å²) < 4.78 is 36.9. The van der Waals surface area contributed by atoms with Gasteiger partial charge < -0.3 is 17.5 Å². The number of aromatic hydroxyl groups is 1. The van der Waals surface area contributed by atoms with Crippen LogP contribution in [0.5, 0.6) is 5.75 Å². The van der Waals surface area contributed by atoms with Gasteiger partial charge in [0.05, 0.1) is 23.3 Å². The Morgan fingerprint density at radius 2 is 2.23 bits per heavy atom. The van der Waals surface area contributed by atoms with Crippen LogP contribution >= 0.6 is 0 Å². The molecule has 2 nitrogen and oxygen atoms in total. The highest BCUT2D eigenvalue weighted by Crippen LogP contribution is 2.22. The fraction of sp³-hybridized carbons (Fsp3) is 0.400. The van der Waals surface area contributed by atoms with E-state index in [0.29, 0.717) is 5.69 Å². The minimum absolute atomic E-state index is 0. The first-order valence-corrected chi connectivity index (χ1v) is 3.64. The van der Waals surface area contributed by atoms with Crippen molar-refractivity contribution < 1.29 is 24.4 Å². The van der Waals surface area contributed by atoms with Crippen LogP contribution in [-0.2, 0) is 0 Å². The summed E-state index contributed by atoms with van der Waals surface area (Å²) in [5.74, 6) is -0.0185. The van der Waals surface area contributed by atoms with Gasteiger partial charge in [-0.1, -0.05) is 6.07 Å². The Morgan fingerprint density at radius 1 is 1.54 bits per heavy atom. The van der Waals surface area contributed by atoms with Gasteiger partial charge in [-0.05, 0) is 19.0 Å². The SMILES string of the molecule is [2H]C([2H])([2H])C([2H])([2H])[N+](C)(C)c1cccc(O)c1.[Cl-]. The van der Waals surface area contributed by atoms with Crippen molar-refractivity contribution in [2.45, 2.75) is 6.85 Å². The van der Waals surface area contributed by atoms with E-state index in [-0.39, 0.29) is 18.2 Å². The van der Waals surface area contributed by atoms with Crippen molar-refractivity contribution in [3.8, 4) is 5.75 Å². The highest BCUT2D eigenvalue weighted by Gasteiger charge is 2.15. The van der Waals surface area contributed by atoms with Gasteiger partial charge in [0.1, 0.15) is 11.4 Å². The Labute approximate surface area is 92.8 Å². The molecule has 0 radical (unpaired) electrons. The predicted octanol–water partition coefficient (Wildman–Crippen LogP) is -1.02. The number of nitrogens with zero attached hydrogens (tertiary/aromatic N) is 1. The van der Waals surface area contributed by atoms with Gasteiger partial charge in [-0.15, -0.1) is 0 Å². The maximum Gasteiger partial charge on any atom is 0.136 e. The Bertz CT molecular complexity index is 419.